The number of hydrogen-bond donors (Lipinski definition) is 4. The van der Waals surface area contributed by atoms with Crippen molar-refractivity contribution >= 4 is 24.2 Å². The van der Waals surface area contributed by atoms with Crippen molar-refractivity contribution in [1.29, 1.82) is 0 Å². The topological polar surface area (TPSA) is 89.8 Å². The van der Waals surface area contributed by atoms with E-state index in [4.69, 9.17) is 8.19 Å². The minimum atomic E-state index is -5.05. The molecule has 0 heterocycles. The summed E-state index contributed by atoms with van der Waals surface area (Å²) < 4.78 is 28.9. The van der Waals surface area contributed by atoms with Crippen molar-refractivity contribution in [2.45, 2.75) is 6.54 Å². The molecule has 100 valence electrons. The van der Waals surface area contributed by atoms with E-state index < -0.39 is 14.2 Å². The average molecular weight is 323 g/mol. The average Bonchev–Trinajstić information content (AvgIpc) is 2.36. The van der Waals surface area contributed by atoms with E-state index in [0.29, 0.717) is 12.2 Å². The molecule has 0 bridgehead atoms. The minimum absolute atomic E-state index is 0.302. The van der Waals surface area contributed by atoms with E-state index in [2.05, 4.69) is 5.32 Å². The van der Waals surface area contributed by atoms with Gasteiger partial charge in [0.2, 0.25) is 0 Å². The summed E-state index contributed by atoms with van der Waals surface area (Å²) in [5.74, 6) is -0.384. The van der Waals surface area contributed by atoms with Crippen molar-refractivity contribution < 1.29 is 17.0 Å². The maximum absolute atomic E-state index is 11.1. The second kappa shape index (κ2) is 5.53. The van der Waals surface area contributed by atoms with E-state index in [-0.39, 0.29) is 10.1 Å². The zero-order valence-corrected chi connectivity index (χ0v) is 11.9. The predicted octanol–water partition coefficient (Wildman–Crippen LogP) is 0.565. The van der Waals surface area contributed by atoms with Gasteiger partial charge in [-0.1, -0.05) is 0 Å². The van der Waals surface area contributed by atoms with Crippen molar-refractivity contribution in [1.82, 2.24) is 0 Å². The van der Waals surface area contributed by atoms with Crippen LogP contribution >= 0.6 is 0 Å². The molecule has 5 nitrogen and oxygen atoms in total. The van der Waals surface area contributed by atoms with Gasteiger partial charge >= 0.3 is 113 Å². The Kier molecular flexibility index (Phi) is 4.00. The van der Waals surface area contributed by atoms with Gasteiger partial charge < -0.3 is 0 Å². The summed E-state index contributed by atoms with van der Waals surface area (Å²) in [6.07, 6.45) is 0. The van der Waals surface area contributed by atoms with Crippen molar-refractivity contribution in [2.75, 3.05) is 5.32 Å². The van der Waals surface area contributed by atoms with Gasteiger partial charge in [0.25, 0.3) is 0 Å². The molecule has 0 fully saturated rings. The molecule has 0 aliphatic carbocycles. The van der Waals surface area contributed by atoms with Crippen molar-refractivity contribution in [3.63, 3.8) is 0 Å². The molecule has 0 spiro atoms. The van der Waals surface area contributed by atoms with E-state index >= 15 is 0 Å². The molecule has 0 aromatic heterocycles. The molecule has 0 aliphatic rings. The van der Waals surface area contributed by atoms with Gasteiger partial charge in [-0.15, -0.1) is 0 Å². The van der Waals surface area contributed by atoms with E-state index in [1.165, 1.54) is 12.1 Å². The quantitative estimate of drug-likeness (QED) is 0.618. The zero-order valence-electron chi connectivity index (χ0n) is 10.0. The Morgan fingerprint density at radius 2 is 1.74 bits per heavy atom. The summed E-state index contributed by atoms with van der Waals surface area (Å²) in [5.41, 5.74) is 1.68. The molecule has 0 amide bonds. The first kappa shape index (κ1) is 13.7. The summed E-state index contributed by atoms with van der Waals surface area (Å²) in [6.45, 7) is 0.570. The van der Waals surface area contributed by atoms with E-state index in [9.17, 15) is 8.85 Å². The van der Waals surface area contributed by atoms with E-state index in [1.54, 1.807) is 6.07 Å². The van der Waals surface area contributed by atoms with Crippen LogP contribution in [0.2, 0.25) is 0 Å². The molecule has 2 aromatic rings. The molecular weight excluding hydrogens is 309 g/mol. The van der Waals surface area contributed by atoms with Crippen molar-refractivity contribution in [3.8, 4) is 5.75 Å². The number of anilines is 1. The van der Waals surface area contributed by atoms with Crippen LogP contribution in [0.5, 0.6) is 5.75 Å². The van der Waals surface area contributed by atoms with Crippen LogP contribution in [0.4, 0.5) is 5.69 Å². The van der Waals surface area contributed by atoms with Gasteiger partial charge in [0.15, 0.2) is 0 Å². The summed E-state index contributed by atoms with van der Waals surface area (Å²) in [4.78, 5) is 0. The third kappa shape index (κ3) is 3.64. The van der Waals surface area contributed by atoms with Gasteiger partial charge in [-0.3, -0.25) is 0 Å². The number of aromatic hydroxyl groups is 1. The summed E-state index contributed by atoms with van der Waals surface area (Å²) in [7, 11) is 0. The number of phenolic OH excluding ortho intramolecular Hbond substituents is 1. The van der Waals surface area contributed by atoms with Gasteiger partial charge in [-0.2, -0.15) is 0 Å². The number of hydrogen-bond acceptors (Lipinski definition) is 3. The summed E-state index contributed by atoms with van der Waals surface area (Å²) in [5, 5.41) is 12.7. The van der Waals surface area contributed by atoms with Gasteiger partial charge in [-0.05, 0) is 0 Å². The van der Waals surface area contributed by atoms with Crippen molar-refractivity contribution in [2.24, 2.45) is 0 Å². The second-order valence-corrected chi connectivity index (χ2v) is 7.38. The molecule has 2 aromatic carbocycles. The Labute approximate surface area is 113 Å². The van der Waals surface area contributed by atoms with Gasteiger partial charge in [0.05, 0.1) is 0 Å². The molecule has 0 aliphatic heterocycles. The fraction of sp³-hybridized carbons (Fsp3) is 0.0769. The van der Waals surface area contributed by atoms with Crippen LogP contribution in [0.15, 0.2) is 48.5 Å². The monoisotopic (exact) mass is 323 g/mol. The third-order valence-corrected chi connectivity index (χ3v) is 4.74. The normalized spacial score (nSPS) is 11.3. The Morgan fingerprint density at radius 1 is 1.05 bits per heavy atom. The zero-order chi connectivity index (χ0) is 13.9. The van der Waals surface area contributed by atoms with Crippen LogP contribution in [0.25, 0.3) is 0 Å². The molecule has 19 heavy (non-hydrogen) atoms. The Bertz CT molecular complexity index is 609. The summed E-state index contributed by atoms with van der Waals surface area (Å²) in [6, 6.07) is 13.8. The van der Waals surface area contributed by atoms with Crippen LogP contribution in [0.3, 0.4) is 0 Å². The number of benzene rings is 2. The fourth-order valence-corrected chi connectivity index (χ4v) is 3.01. The van der Waals surface area contributed by atoms with Gasteiger partial charge in [0, 0.05) is 0 Å². The molecule has 2 rings (SSSR count). The Balaban J connectivity index is 2.11. The summed E-state index contributed by atoms with van der Waals surface area (Å²) >= 11 is -5.05. The fourth-order valence-electron chi connectivity index (χ4n) is 1.68. The standard InChI is InChI=1S/C13H14AsNO4/c16-13-8-11(6-7-12(13)14(17,18)19)15-9-10-4-2-1-3-5-10/h1-8,15-16H,9H2,(H2,17,18,19). The molecule has 0 unspecified atom stereocenters. The SMILES string of the molecule is O=[As](O)(O)c1ccc(NCc2ccccc2)cc1O. The Morgan fingerprint density at radius 3 is 2.32 bits per heavy atom. The molecule has 4 N–H and O–H groups in total. The Hall–Kier alpha value is -1.68. The first-order chi connectivity index (χ1) is 8.97. The number of nitrogens with one attached hydrogen (secondary N) is 1. The molecule has 6 heteroatoms. The molecule has 0 saturated carbocycles. The van der Waals surface area contributed by atoms with E-state index in [1.807, 2.05) is 30.3 Å². The molecule has 0 atom stereocenters. The van der Waals surface area contributed by atoms with Crippen molar-refractivity contribution in [3.05, 3.63) is 54.1 Å². The first-order valence-electron chi connectivity index (χ1n) is 5.64. The molecular formula is C13H14AsNO4. The van der Waals surface area contributed by atoms with Crippen LogP contribution in [0.1, 0.15) is 5.56 Å². The molecule has 0 saturated heterocycles. The van der Waals surface area contributed by atoms with E-state index in [0.717, 1.165) is 5.56 Å². The third-order valence-electron chi connectivity index (χ3n) is 2.63. The van der Waals surface area contributed by atoms with Crippen LogP contribution in [0, 0.1) is 0 Å². The molecule has 0 radical (unpaired) electrons. The van der Waals surface area contributed by atoms with Crippen LogP contribution in [-0.2, 0) is 10.3 Å². The number of phenols is 1. The first-order valence-corrected chi connectivity index (χ1v) is 9.02. The van der Waals surface area contributed by atoms with Gasteiger partial charge in [-0.25, -0.2) is 0 Å². The second-order valence-electron chi connectivity index (χ2n) is 4.09. The van der Waals surface area contributed by atoms with Crippen LogP contribution in [-0.4, -0.2) is 27.5 Å². The number of rotatable bonds is 4. The maximum atomic E-state index is 11.1. The van der Waals surface area contributed by atoms with Crippen LogP contribution < -0.4 is 9.67 Å². The van der Waals surface area contributed by atoms with Gasteiger partial charge in [0.1, 0.15) is 0 Å². The predicted molar refractivity (Wildman–Crippen MR) is 72.4 cm³/mol.